The van der Waals surface area contributed by atoms with E-state index in [0.29, 0.717) is 18.4 Å². The van der Waals surface area contributed by atoms with Gasteiger partial charge < -0.3 is 10.2 Å². The number of nitriles is 1. The molecule has 136 valence electrons. The van der Waals surface area contributed by atoms with Gasteiger partial charge in [0.05, 0.1) is 29.9 Å². The molecule has 2 aliphatic rings. The van der Waals surface area contributed by atoms with Crippen molar-refractivity contribution in [1.82, 2.24) is 24.6 Å². The molecule has 3 heterocycles. The van der Waals surface area contributed by atoms with E-state index in [4.69, 9.17) is 4.98 Å². The van der Waals surface area contributed by atoms with Crippen molar-refractivity contribution in [2.45, 2.75) is 37.8 Å². The van der Waals surface area contributed by atoms with Crippen molar-refractivity contribution in [3.05, 3.63) is 24.2 Å². The summed E-state index contributed by atoms with van der Waals surface area (Å²) in [4.78, 5) is 13.8. The van der Waals surface area contributed by atoms with Crippen LogP contribution in [0.5, 0.6) is 0 Å². The molecule has 0 atom stereocenters. The zero-order valence-electron chi connectivity index (χ0n) is 15.5. The van der Waals surface area contributed by atoms with Gasteiger partial charge in [-0.2, -0.15) is 15.3 Å². The van der Waals surface area contributed by atoms with Crippen molar-refractivity contribution in [1.29, 1.82) is 5.26 Å². The molecule has 0 aromatic carbocycles. The first kappa shape index (κ1) is 16.8. The SMILES string of the molecule is Cc1cnc(Nc2cnn(C)c2)nc1N1CC(CC#N)(N(C)C2CC2)C1. The van der Waals surface area contributed by atoms with Crippen molar-refractivity contribution in [2.75, 3.05) is 30.4 Å². The van der Waals surface area contributed by atoms with Crippen LogP contribution in [0.15, 0.2) is 18.6 Å². The summed E-state index contributed by atoms with van der Waals surface area (Å²) < 4.78 is 1.73. The standard InChI is InChI=1S/C18H24N8/c1-13-8-20-17(22-14-9-21-24(2)10-14)23-16(13)26-11-18(12-26,6-7-19)25(3)15-4-5-15/h8-10,15H,4-6,11-12H2,1-3H3,(H,20,22,23). The Balaban J connectivity index is 1.51. The number of anilines is 3. The Morgan fingerprint density at radius 3 is 2.77 bits per heavy atom. The third-order valence-corrected chi connectivity index (χ3v) is 5.43. The first-order chi connectivity index (χ1) is 12.5. The van der Waals surface area contributed by atoms with E-state index in [1.165, 1.54) is 12.8 Å². The minimum absolute atomic E-state index is 0.0513. The molecule has 2 aromatic rings. The van der Waals surface area contributed by atoms with Crippen molar-refractivity contribution >= 4 is 17.5 Å². The molecule has 0 unspecified atom stereocenters. The molecule has 26 heavy (non-hydrogen) atoms. The van der Waals surface area contributed by atoms with Gasteiger partial charge in [-0.05, 0) is 26.8 Å². The summed E-state index contributed by atoms with van der Waals surface area (Å²) in [6.07, 6.45) is 8.52. The predicted molar refractivity (Wildman–Crippen MR) is 99.2 cm³/mol. The van der Waals surface area contributed by atoms with E-state index in [1.807, 2.05) is 26.4 Å². The summed E-state index contributed by atoms with van der Waals surface area (Å²) in [6, 6.07) is 3.02. The molecular formula is C18H24N8. The van der Waals surface area contributed by atoms with Gasteiger partial charge in [-0.1, -0.05) is 0 Å². The number of likely N-dealkylation sites (N-methyl/N-ethyl adjacent to an activating group) is 1. The summed E-state index contributed by atoms with van der Waals surface area (Å²) in [7, 11) is 4.03. The van der Waals surface area contributed by atoms with Crippen molar-refractivity contribution in [3.63, 3.8) is 0 Å². The number of hydrogen-bond donors (Lipinski definition) is 1. The Hall–Kier alpha value is -2.66. The maximum Gasteiger partial charge on any atom is 0.229 e. The first-order valence-electron chi connectivity index (χ1n) is 8.95. The van der Waals surface area contributed by atoms with Crippen LogP contribution in [0.4, 0.5) is 17.5 Å². The highest BCUT2D eigenvalue weighted by molar-refractivity contribution is 5.57. The molecule has 4 rings (SSSR count). The van der Waals surface area contributed by atoms with Gasteiger partial charge >= 0.3 is 0 Å². The fourth-order valence-electron chi connectivity index (χ4n) is 3.70. The lowest BCUT2D eigenvalue weighted by Gasteiger charge is -2.55. The molecule has 0 bridgehead atoms. The highest BCUT2D eigenvalue weighted by Gasteiger charge is 2.50. The minimum Gasteiger partial charge on any atom is -0.352 e. The normalized spacial score (nSPS) is 18.5. The molecule has 0 spiro atoms. The lowest BCUT2D eigenvalue weighted by Crippen LogP contribution is -2.70. The molecule has 1 aliphatic heterocycles. The van der Waals surface area contributed by atoms with Gasteiger partial charge in [-0.3, -0.25) is 9.58 Å². The van der Waals surface area contributed by atoms with E-state index in [-0.39, 0.29) is 5.54 Å². The molecule has 8 heteroatoms. The fourth-order valence-corrected chi connectivity index (χ4v) is 3.70. The van der Waals surface area contributed by atoms with E-state index in [2.05, 4.69) is 38.3 Å². The Morgan fingerprint density at radius 1 is 1.38 bits per heavy atom. The van der Waals surface area contributed by atoms with Crippen LogP contribution in [0.3, 0.4) is 0 Å². The molecule has 1 saturated heterocycles. The Bertz CT molecular complexity index is 841. The molecule has 2 aromatic heterocycles. The second-order valence-corrected chi connectivity index (χ2v) is 7.49. The van der Waals surface area contributed by atoms with Crippen LogP contribution < -0.4 is 10.2 Å². The number of nitrogens with zero attached hydrogens (tertiary/aromatic N) is 7. The van der Waals surface area contributed by atoms with Gasteiger partial charge in [0.2, 0.25) is 5.95 Å². The second kappa shape index (κ2) is 6.25. The molecule has 0 radical (unpaired) electrons. The van der Waals surface area contributed by atoms with Crippen molar-refractivity contribution < 1.29 is 0 Å². The van der Waals surface area contributed by atoms with E-state index >= 15 is 0 Å². The highest BCUT2D eigenvalue weighted by atomic mass is 15.4. The summed E-state index contributed by atoms with van der Waals surface area (Å²) >= 11 is 0. The quantitative estimate of drug-likeness (QED) is 0.849. The van der Waals surface area contributed by atoms with Crippen LogP contribution in [0.2, 0.25) is 0 Å². The molecular weight excluding hydrogens is 328 g/mol. The molecule has 1 N–H and O–H groups in total. The Morgan fingerprint density at radius 2 is 2.15 bits per heavy atom. The molecule has 0 amide bonds. The zero-order valence-corrected chi connectivity index (χ0v) is 15.5. The van der Waals surface area contributed by atoms with Crippen molar-refractivity contribution in [2.24, 2.45) is 7.05 Å². The maximum atomic E-state index is 9.30. The van der Waals surface area contributed by atoms with Gasteiger partial charge in [0, 0.05) is 44.1 Å². The van der Waals surface area contributed by atoms with E-state index in [9.17, 15) is 5.26 Å². The second-order valence-electron chi connectivity index (χ2n) is 7.49. The predicted octanol–water partition coefficient (Wildman–Crippen LogP) is 1.83. The van der Waals surface area contributed by atoms with Crippen molar-refractivity contribution in [3.8, 4) is 6.07 Å². The third-order valence-electron chi connectivity index (χ3n) is 5.43. The van der Waals surface area contributed by atoms with Gasteiger partial charge in [0.15, 0.2) is 0 Å². The lowest BCUT2D eigenvalue weighted by atomic mass is 9.84. The van der Waals surface area contributed by atoms with Gasteiger partial charge in [-0.15, -0.1) is 0 Å². The minimum atomic E-state index is -0.0513. The number of hydrogen-bond acceptors (Lipinski definition) is 7. The number of aryl methyl sites for hydroxylation is 2. The van der Waals surface area contributed by atoms with Crippen LogP contribution in [0, 0.1) is 18.3 Å². The van der Waals surface area contributed by atoms with E-state index < -0.39 is 0 Å². The average Bonchev–Trinajstić information content (AvgIpc) is 3.35. The zero-order chi connectivity index (χ0) is 18.3. The summed E-state index contributed by atoms with van der Waals surface area (Å²) in [6.45, 7) is 3.69. The summed E-state index contributed by atoms with van der Waals surface area (Å²) in [5.41, 5.74) is 1.85. The number of nitrogens with one attached hydrogen (secondary N) is 1. The van der Waals surface area contributed by atoms with E-state index in [1.54, 1.807) is 10.9 Å². The van der Waals surface area contributed by atoms with Crippen LogP contribution in [0.1, 0.15) is 24.8 Å². The topological polar surface area (TPSA) is 85.9 Å². The van der Waals surface area contributed by atoms with Crippen LogP contribution in [0.25, 0.3) is 0 Å². The highest BCUT2D eigenvalue weighted by Crippen LogP contribution is 2.40. The molecule has 2 fully saturated rings. The van der Waals surface area contributed by atoms with Gasteiger partial charge in [0.1, 0.15) is 5.82 Å². The summed E-state index contributed by atoms with van der Waals surface area (Å²) in [5.74, 6) is 1.50. The molecule has 8 nitrogen and oxygen atoms in total. The van der Waals surface area contributed by atoms with Crippen LogP contribution >= 0.6 is 0 Å². The molecule has 1 aliphatic carbocycles. The molecule has 1 saturated carbocycles. The van der Waals surface area contributed by atoms with Gasteiger partial charge in [0.25, 0.3) is 0 Å². The monoisotopic (exact) mass is 352 g/mol. The maximum absolute atomic E-state index is 9.30. The third kappa shape index (κ3) is 2.99. The fraction of sp³-hybridized carbons (Fsp3) is 0.556. The number of rotatable bonds is 6. The van der Waals surface area contributed by atoms with Gasteiger partial charge in [-0.25, -0.2) is 4.98 Å². The average molecular weight is 352 g/mol. The summed E-state index contributed by atoms with van der Waals surface area (Å²) in [5, 5.41) is 16.6. The lowest BCUT2D eigenvalue weighted by molar-refractivity contribution is 0.0806. The first-order valence-corrected chi connectivity index (χ1v) is 8.95. The smallest absolute Gasteiger partial charge is 0.229 e. The number of aromatic nitrogens is 4. The Labute approximate surface area is 153 Å². The largest absolute Gasteiger partial charge is 0.352 e. The van der Waals surface area contributed by atoms with Crippen LogP contribution in [-0.2, 0) is 7.05 Å². The Kier molecular flexibility index (Phi) is 4.04. The van der Waals surface area contributed by atoms with Crippen LogP contribution in [-0.4, -0.2) is 56.4 Å². The van der Waals surface area contributed by atoms with E-state index in [0.717, 1.165) is 30.2 Å².